The topological polar surface area (TPSA) is 61.8 Å². The second kappa shape index (κ2) is 6.86. The van der Waals surface area contributed by atoms with Crippen LogP contribution in [0.1, 0.15) is 0 Å². The summed E-state index contributed by atoms with van der Waals surface area (Å²) in [4.78, 5) is -0.615. The third kappa shape index (κ3) is 3.30. The fourth-order valence-corrected chi connectivity index (χ4v) is 3.09. The second-order valence-electron chi connectivity index (χ2n) is 5.42. The third-order valence-corrected chi connectivity index (χ3v) is 4.85. The summed E-state index contributed by atoms with van der Waals surface area (Å²) >= 11 is 0. The standard InChI is InChI=1S/C16H8BF5O5S/c1-7-8(2)26-17(25-7)9-3-5-10(6-4-9)28(23,24)27-16-14(21)12(19)11(18)13(20)15(16)22/h3-6H,1-2H2. The second-order valence-corrected chi connectivity index (χ2v) is 6.97. The Morgan fingerprint density at radius 1 is 0.786 bits per heavy atom. The first-order chi connectivity index (χ1) is 13.0. The minimum atomic E-state index is -4.92. The monoisotopic (exact) mass is 418 g/mol. The molecule has 28 heavy (non-hydrogen) atoms. The smallest absolute Gasteiger partial charge is 0.520 e. The van der Waals surface area contributed by atoms with Crippen molar-refractivity contribution in [2.45, 2.75) is 4.90 Å². The first-order valence-corrected chi connectivity index (χ1v) is 8.71. The van der Waals surface area contributed by atoms with Crippen molar-refractivity contribution in [2.75, 3.05) is 0 Å². The van der Waals surface area contributed by atoms with Crippen LogP contribution in [0, 0.1) is 29.1 Å². The van der Waals surface area contributed by atoms with Crippen LogP contribution in [0.4, 0.5) is 22.0 Å². The Bertz CT molecular complexity index is 1060. The van der Waals surface area contributed by atoms with E-state index in [9.17, 15) is 30.4 Å². The highest BCUT2D eigenvalue weighted by Gasteiger charge is 2.35. The summed E-state index contributed by atoms with van der Waals surface area (Å²) in [5.41, 5.74) is 0.343. The largest absolute Gasteiger partial charge is 0.632 e. The van der Waals surface area contributed by atoms with E-state index in [1.807, 2.05) is 0 Å². The van der Waals surface area contributed by atoms with E-state index >= 15 is 0 Å². The van der Waals surface area contributed by atoms with Gasteiger partial charge in [0.05, 0.1) is 0 Å². The fraction of sp³-hybridized carbons (Fsp3) is 0. The molecule has 1 saturated heterocycles. The van der Waals surface area contributed by atoms with E-state index in [1.54, 1.807) is 0 Å². The molecule has 1 aliphatic heterocycles. The fourth-order valence-electron chi connectivity index (χ4n) is 2.16. The summed E-state index contributed by atoms with van der Waals surface area (Å²) in [6, 6.07) is 4.39. The molecule has 146 valence electrons. The van der Waals surface area contributed by atoms with Crippen LogP contribution in [-0.2, 0) is 19.4 Å². The van der Waals surface area contributed by atoms with E-state index in [-0.39, 0.29) is 11.5 Å². The Labute approximate surface area is 155 Å². The van der Waals surface area contributed by atoms with Gasteiger partial charge >= 0.3 is 17.2 Å². The Hall–Kier alpha value is -3.02. The molecule has 1 heterocycles. The molecule has 2 aromatic carbocycles. The lowest BCUT2D eigenvalue weighted by atomic mass is 9.79. The maximum absolute atomic E-state index is 13.6. The Balaban J connectivity index is 1.91. The molecule has 2 aromatic rings. The average Bonchev–Trinajstić information content (AvgIpc) is 3.01. The van der Waals surface area contributed by atoms with Crippen LogP contribution in [0.15, 0.2) is 53.8 Å². The van der Waals surface area contributed by atoms with Crippen LogP contribution in [-0.4, -0.2) is 15.5 Å². The van der Waals surface area contributed by atoms with Gasteiger partial charge in [0.1, 0.15) is 16.4 Å². The zero-order valence-electron chi connectivity index (χ0n) is 13.6. The quantitative estimate of drug-likeness (QED) is 0.251. The highest BCUT2D eigenvalue weighted by Crippen LogP contribution is 2.31. The molecule has 0 atom stereocenters. The van der Waals surface area contributed by atoms with Gasteiger partial charge in [-0.25, -0.2) is 13.2 Å². The van der Waals surface area contributed by atoms with E-state index in [4.69, 9.17) is 9.31 Å². The highest BCUT2D eigenvalue weighted by molar-refractivity contribution is 7.87. The van der Waals surface area contributed by atoms with Crippen molar-refractivity contribution < 1.29 is 43.9 Å². The molecule has 0 unspecified atom stereocenters. The molecular formula is C16H8BF5O5S. The van der Waals surface area contributed by atoms with Crippen LogP contribution in [0.25, 0.3) is 0 Å². The molecule has 0 N–H and O–H groups in total. The summed E-state index contributed by atoms with van der Waals surface area (Å²) in [6.07, 6.45) is 0. The maximum atomic E-state index is 13.6. The van der Waals surface area contributed by atoms with Crippen LogP contribution in [0.5, 0.6) is 5.75 Å². The molecule has 0 aliphatic carbocycles. The Morgan fingerprint density at radius 3 is 1.68 bits per heavy atom. The van der Waals surface area contributed by atoms with Crippen LogP contribution in [0.2, 0.25) is 0 Å². The lowest BCUT2D eigenvalue weighted by Gasteiger charge is -2.11. The molecule has 0 amide bonds. The minimum Gasteiger partial charge on any atom is -0.520 e. The average molecular weight is 418 g/mol. The van der Waals surface area contributed by atoms with Crippen molar-refractivity contribution in [3.05, 3.63) is 78.0 Å². The molecule has 0 bridgehead atoms. The molecule has 1 fully saturated rings. The van der Waals surface area contributed by atoms with Gasteiger partial charge in [0.15, 0.2) is 0 Å². The normalized spacial score (nSPS) is 14.1. The van der Waals surface area contributed by atoms with Gasteiger partial charge in [0, 0.05) is 5.46 Å². The molecule has 1 aliphatic rings. The van der Waals surface area contributed by atoms with Gasteiger partial charge in [-0.15, -0.1) is 0 Å². The van der Waals surface area contributed by atoms with Gasteiger partial charge in [0.2, 0.25) is 34.8 Å². The van der Waals surface area contributed by atoms with Crippen LogP contribution < -0.4 is 9.65 Å². The first-order valence-electron chi connectivity index (χ1n) is 7.30. The van der Waals surface area contributed by atoms with Gasteiger partial charge in [-0.2, -0.15) is 17.2 Å². The molecule has 12 heteroatoms. The molecular weight excluding hydrogens is 410 g/mol. The van der Waals surface area contributed by atoms with E-state index in [1.165, 1.54) is 12.1 Å². The molecule has 0 radical (unpaired) electrons. The van der Waals surface area contributed by atoms with E-state index in [0.717, 1.165) is 12.1 Å². The van der Waals surface area contributed by atoms with Crippen LogP contribution in [0.3, 0.4) is 0 Å². The van der Waals surface area contributed by atoms with E-state index in [0.29, 0.717) is 5.46 Å². The van der Waals surface area contributed by atoms with Crippen molar-refractivity contribution in [1.29, 1.82) is 0 Å². The minimum absolute atomic E-state index is 0.177. The first kappa shape index (κ1) is 19.7. The maximum Gasteiger partial charge on any atom is 0.632 e. The van der Waals surface area contributed by atoms with Crippen molar-refractivity contribution >= 4 is 22.7 Å². The summed E-state index contributed by atoms with van der Waals surface area (Å²) in [5.74, 6) is -13.5. The lowest BCUT2D eigenvalue weighted by Crippen LogP contribution is -2.31. The van der Waals surface area contributed by atoms with Gasteiger partial charge in [-0.3, -0.25) is 0 Å². The predicted molar refractivity (Wildman–Crippen MR) is 86.3 cm³/mol. The van der Waals surface area contributed by atoms with Gasteiger partial charge in [0.25, 0.3) is 0 Å². The van der Waals surface area contributed by atoms with E-state index < -0.39 is 57.0 Å². The Morgan fingerprint density at radius 2 is 1.21 bits per heavy atom. The summed E-state index contributed by atoms with van der Waals surface area (Å²) in [5, 5.41) is 0. The SMILES string of the molecule is C=C1OB(c2ccc(S(=O)(=O)Oc3c(F)c(F)c(F)c(F)c3F)cc2)OC1=C. The van der Waals surface area contributed by atoms with Gasteiger partial charge in [-0.05, 0) is 12.1 Å². The van der Waals surface area contributed by atoms with Crippen molar-refractivity contribution in [2.24, 2.45) is 0 Å². The van der Waals surface area contributed by atoms with Gasteiger partial charge in [-0.1, -0.05) is 25.3 Å². The lowest BCUT2D eigenvalue weighted by molar-refractivity contribution is 0.346. The molecule has 3 rings (SSSR count). The van der Waals surface area contributed by atoms with Crippen molar-refractivity contribution in [3.63, 3.8) is 0 Å². The predicted octanol–water partition coefficient (Wildman–Crippen LogP) is 2.92. The molecule has 5 nitrogen and oxygen atoms in total. The summed E-state index contributed by atoms with van der Waals surface area (Å²) in [7, 11) is -5.86. The molecule has 0 aromatic heterocycles. The number of hydrogen-bond donors (Lipinski definition) is 0. The van der Waals surface area contributed by atoms with Crippen molar-refractivity contribution in [1.82, 2.24) is 0 Å². The summed E-state index contributed by atoms with van der Waals surface area (Å²) in [6.45, 7) is 7.06. The third-order valence-electron chi connectivity index (χ3n) is 3.61. The molecule has 0 spiro atoms. The van der Waals surface area contributed by atoms with Gasteiger partial charge < -0.3 is 13.5 Å². The molecule has 0 saturated carbocycles. The van der Waals surface area contributed by atoms with E-state index in [2.05, 4.69) is 17.3 Å². The Kier molecular flexibility index (Phi) is 4.83. The highest BCUT2D eigenvalue weighted by atomic mass is 32.2. The zero-order chi connectivity index (χ0) is 20.8. The van der Waals surface area contributed by atoms with Crippen LogP contribution >= 0.6 is 0 Å². The number of benzene rings is 2. The number of hydrogen-bond acceptors (Lipinski definition) is 5. The van der Waals surface area contributed by atoms with Crippen molar-refractivity contribution in [3.8, 4) is 5.75 Å². The number of rotatable bonds is 4. The zero-order valence-corrected chi connectivity index (χ0v) is 14.5. The summed E-state index contributed by atoms with van der Waals surface area (Å²) < 4.78 is 106. The number of halogens is 5.